The van der Waals surface area contributed by atoms with Crippen molar-refractivity contribution in [2.24, 2.45) is 5.92 Å². The first-order chi connectivity index (χ1) is 20.0. The third-order valence-electron chi connectivity index (χ3n) is 7.18. The van der Waals surface area contributed by atoms with Crippen molar-refractivity contribution in [1.82, 2.24) is 25.1 Å². The molecule has 220 valence electrons. The summed E-state index contributed by atoms with van der Waals surface area (Å²) < 4.78 is 13.4. The van der Waals surface area contributed by atoms with Gasteiger partial charge >= 0.3 is 0 Å². The monoisotopic (exact) mass is 561 g/mol. The van der Waals surface area contributed by atoms with Gasteiger partial charge in [-0.1, -0.05) is 56.3 Å². The molecule has 1 aliphatic heterocycles. The van der Waals surface area contributed by atoms with Crippen molar-refractivity contribution >= 4 is 11.8 Å². The summed E-state index contributed by atoms with van der Waals surface area (Å²) in [6, 6.07) is 16.8. The van der Waals surface area contributed by atoms with Crippen molar-refractivity contribution < 1.29 is 19.1 Å². The SMILES string of the molecule is CC(C)C[C@@H](C(=O)N[C@@H](Cc1ccc(OCc2ccccc2)cc1)C(=O)NCCCn1ccnc1)N1CCOCC1. The zero-order valence-corrected chi connectivity index (χ0v) is 24.2. The third kappa shape index (κ3) is 10.0. The maximum absolute atomic E-state index is 13.6. The molecule has 1 aliphatic rings. The van der Waals surface area contributed by atoms with Crippen LogP contribution in [0.3, 0.4) is 0 Å². The van der Waals surface area contributed by atoms with Crippen LogP contribution in [0.5, 0.6) is 5.75 Å². The van der Waals surface area contributed by atoms with E-state index < -0.39 is 6.04 Å². The number of aromatic nitrogens is 2. The van der Waals surface area contributed by atoms with Crippen molar-refractivity contribution in [2.75, 3.05) is 32.8 Å². The van der Waals surface area contributed by atoms with Crippen LogP contribution in [0.4, 0.5) is 0 Å². The molecule has 0 radical (unpaired) electrons. The van der Waals surface area contributed by atoms with E-state index in [1.165, 1.54) is 0 Å². The van der Waals surface area contributed by atoms with Gasteiger partial charge in [0.2, 0.25) is 11.8 Å². The molecule has 9 heteroatoms. The normalized spacial score (nSPS) is 15.3. The molecule has 0 spiro atoms. The molecular weight excluding hydrogens is 518 g/mol. The smallest absolute Gasteiger partial charge is 0.242 e. The van der Waals surface area contributed by atoms with Crippen LogP contribution in [0.1, 0.15) is 37.8 Å². The van der Waals surface area contributed by atoms with Gasteiger partial charge in [0.1, 0.15) is 18.4 Å². The summed E-state index contributed by atoms with van der Waals surface area (Å²) in [5.41, 5.74) is 2.04. The number of hydrogen-bond acceptors (Lipinski definition) is 6. The molecular formula is C32H43N5O4. The highest BCUT2D eigenvalue weighted by Crippen LogP contribution is 2.17. The summed E-state index contributed by atoms with van der Waals surface area (Å²) in [5, 5.41) is 6.14. The Labute approximate surface area is 243 Å². The number of morpholine rings is 1. The molecule has 1 aromatic heterocycles. The van der Waals surface area contributed by atoms with Gasteiger partial charge in [-0.3, -0.25) is 14.5 Å². The molecule has 4 rings (SSSR count). The molecule has 3 aromatic rings. The Morgan fingerprint density at radius 1 is 1.00 bits per heavy atom. The fraction of sp³-hybridized carbons (Fsp3) is 0.469. The highest BCUT2D eigenvalue weighted by molar-refractivity contribution is 5.90. The minimum atomic E-state index is -0.692. The van der Waals surface area contributed by atoms with Crippen LogP contribution in [0.2, 0.25) is 0 Å². The summed E-state index contributed by atoms with van der Waals surface area (Å²) in [6.45, 7) is 8.63. The molecule has 2 heterocycles. The first-order valence-electron chi connectivity index (χ1n) is 14.6. The number of ether oxygens (including phenoxy) is 2. The number of benzene rings is 2. The van der Waals surface area contributed by atoms with Gasteiger partial charge in [0.05, 0.1) is 25.6 Å². The zero-order chi connectivity index (χ0) is 28.9. The highest BCUT2D eigenvalue weighted by atomic mass is 16.5. The Hall–Kier alpha value is -3.69. The van der Waals surface area contributed by atoms with Crippen LogP contribution in [-0.4, -0.2) is 71.2 Å². The number of imidazole rings is 1. The number of amides is 2. The van der Waals surface area contributed by atoms with Crippen LogP contribution in [-0.2, 0) is 33.9 Å². The molecule has 1 fully saturated rings. The lowest BCUT2D eigenvalue weighted by atomic mass is 9.99. The van der Waals surface area contributed by atoms with E-state index in [2.05, 4.69) is 34.4 Å². The van der Waals surface area contributed by atoms with Crippen LogP contribution in [0, 0.1) is 5.92 Å². The average Bonchev–Trinajstić information content (AvgIpc) is 3.52. The van der Waals surface area contributed by atoms with Crippen molar-refractivity contribution in [2.45, 2.75) is 58.3 Å². The predicted octanol–water partition coefficient (Wildman–Crippen LogP) is 3.44. The second-order valence-electron chi connectivity index (χ2n) is 10.9. The van der Waals surface area contributed by atoms with Crippen LogP contribution >= 0.6 is 0 Å². The number of carbonyl (C=O) groups is 2. The van der Waals surface area contributed by atoms with Crippen molar-refractivity contribution in [3.8, 4) is 5.75 Å². The summed E-state index contributed by atoms with van der Waals surface area (Å²) in [7, 11) is 0. The molecule has 0 saturated carbocycles. The maximum atomic E-state index is 13.6. The zero-order valence-electron chi connectivity index (χ0n) is 24.2. The van der Waals surface area contributed by atoms with Gasteiger partial charge in [-0.2, -0.15) is 0 Å². The van der Waals surface area contributed by atoms with Gasteiger partial charge in [-0.25, -0.2) is 4.98 Å². The number of nitrogens with one attached hydrogen (secondary N) is 2. The molecule has 0 unspecified atom stereocenters. The van der Waals surface area contributed by atoms with E-state index >= 15 is 0 Å². The summed E-state index contributed by atoms with van der Waals surface area (Å²) in [4.78, 5) is 33.3. The van der Waals surface area contributed by atoms with E-state index in [0.717, 1.165) is 36.3 Å². The molecule has 0 bridgehead atoms. The minimum absolute atomic E-state index is 0.109. The van der Waals surface area contributed by atoms with Crippen molar-refractivity contribution in [1.29, 1.82) is 0 Å². The van der Waals surface area contributed by atoms with Gasteiger partial charge < -0.3 is 24.7 Å². The lowest BCUT2D eigenvalue weighted by molar-refractivity contribution is -0.133. The Balaban J connectivity index is 1.40. The lowest BCUT2D eigenvalue weighted by Crippen LogP contribution is -2.56. The Bertz CT molecular complexity index is 1180. The second-order valence-corrected chi connectivity index (χ2v) is 10.9. The number of hydrogen-bond donors (Lipinski definition) is 2. The van der Waals surface area contributed by atoms with Crippen LogP contribution < -0.4 is 15.4 Å². The van der Waals surface area contributed by atoms with Gasteiger partial charge in [-0.15, -0.1) is 0 Å². The first kappa shape index (κ1) is 30.3. The molecule has 2 aromatic carbocycles. The Morgan fingerprint density at radius 2 is 1.76 bits per heavy atom. The van der Waals surface area contributed by atoms with Gasteiger partial charge in [-0.05, 0) is 42.0 Å². The second kappa shape index (κ2) is 15.9. The Morgan fingerprint density at radius 3 is 2.44 bits per heavy atom. The molecule has 0 aliphatic carbocycles. The fourth-order valence-electron chi connectivity index (χ4n) is 4.95. The number of aryl methyl sites for hydroxylation is 1. The van der Waals surface area contributed by atoms with E-state index in [1.807, 2.05) is 65.4 Å². The van der Waals surface area contributed by atoms with Gasteiger partial charge in [0.25, 0.3) is 0 Å². The molecule has 9 nitrogen and oxygen atoms in total. The van der Waals surface area contributed by atoms with E-state index in [4.69, 9.17) is 9.47 Å². The topological polar surface area (TPSA) is 97.7 Å². The number of carbonyl (C=O) groups excluding carboxylic acids is 2. The average molecular weight is 562 g/mol. The predicted molar refractivity (Wildman–Crippen MR) is 158 cm³/mol. The van der Waals surface area contributed by atoms with E-state index in [0.29, 0.717) is 51.8 Å². The standard InChI is InChI=1S/C32H43N5O4/c1-25(2)21-30(37-17-19-40-20-18-37)32(39)35-29(31(38)34-13-6-15-36-16-14-33-24-36)22-26-9-11-28(12-10-26)41-23-27-7-4-3-5-8-27/h3-5,7-12,14,16,24-25,29-30H,6,13,15,17-23H2,1-2H3,(H,34,38)(H,35,39)/t29-,30-/m0/s1. The van der Waals surface area contributed by atoms with Crippen LogP contribution in [0.15, 0.2) is 73.3 Å². The van der Waals surface area contributed by atoms with E-state index in [-0.39, 0.29) is 17.9 Å². The lowest BCUT2D eigenvalue weighted by Gasteiger charge is -2.35. The van der Waals surface area contributed by atoms with Crippen molar-refractivity contribution in [3.05, 3.63) is 84.4 Å². The molecule has 2 N–H and O–H groups in total. The maximum Gasteiger partial charge on any atom is 0.242 e. The summed E-state index contributed by atoms with van der Waals surface area (Å²) >= 11 is 0. The molecule has 2 amide bonds. The molecule has 41 heavy (non-hydrogen) atoms. The van der Waals surface area contributed by atoms with E-state index in [1.54, 1.807) is 12.5 Å². The van der Waals surface area contributed by atoms with Crippen molar-refractivity contribution in [3.63, 3.8) is 0 Å². The summed E-state index contributed by atoms with van der Waals surface area (Å²) in [6.07, 6.45) is 7.27. The highest BCUT2D eigenvalue weighted by Gasteiger charge is 2.31. The minimum Gasteiger partial charge on any atom is -0.489 e. The first-order valence-corrected chi connectivity index (χ1v) is 14.6. The molecule has 2 atom stereocenters. The fourth-order valence-corrected chi connectivity index (χ4v) is 4.95. The quantitative estimate of drug-likeness (QED) is 0.276. The largest absolute Gasteiger partial charge is 0.489 e. The van der Waals surface area contributed by atoms with E-state index in [9.17, 15) is 9.59 Å². The summed E-state index contributed by atoms with van der Waals surface area (Å²) in [5.74, 6) is 0.805. The van der Waals surface area contributed by atoms with Gasteiger partial charge in [0.15, 0.2) is 0 Å². The van der Waals surface area contributed by atoms with Crippen LogP contribution in [0.25, 0.3) is 0 Å². The Kier molecular flexibility index (Phi) is 11.8. The van der Waals surface area contributed by atoms with Gasteiger partial charge in [0, 0.05) is 45.0 Å². The number of rotatable bonds is 15. The molecule has 1 saturated heterocycles. The number of nitrogens with zero attached hydrogens (tertiary/aromatic N) is 3. The third-order valence-corrected chi connectivity index (χ3v) is 7.18.